The fourth-order valence-corrected chi connectivity index (χ4v) is 4.90. The van der Waals surface area contributed by atoms with E-state index in [1.54, 1.807) is 18.2 Å². The number of hydrogen-bond acceptors (Lipinski definition) is 4. The molecule has 2 aliphatic rings. The number of nitrogens with zero attached hydrogens (tertiary/aromatic N) is 2. The molecule has 1 saturated heterocycles. The van der Waals surface area contributed by atoms with Gasteiger partial charge >= 0.3 is 6.03 Å². The molecular formula is C27H31N3O3. The molecular weight excluding hydrogens is 414 g/mol. The predicted molar refractivity (Wildman–Crippen MR) is 132 cm³/mol. The van der Waals surface area contributed by atoms with Gasteiger partial charge in [-0.25, -0.2) is 9.69 Å². The van der Waals surface area contributed by atoms with Gasteiger partial charge in [-0.1, -0.05) is 19.1 Å². The van der Waals surface area contributed by atoms with E-state index in [9.17, 15) is 14.4 Å². The number of fused-ring (bicyclic) bond motifs is 1. The van der Waals surface area contributed by atoms with Crippen molar-refractivity contribution in [3.63, 3.8) is 0 Å². The van der Waals surface area contributed by atoms with Crippen molar-refractivity contribution in [1.82, 2.24) is 5.32 Å². The van der Waals surface area contributed by atoms with Crippen LogP contribution >= 0.6 is 0 Å². The molecule has 0 bridgehead atoms. The second kappa shape index (κ2) is 7.87. The summed E-state index contributed by atoms with van der Waals surface area (Å²) in [6.45, 7) is 12.4. The highest BCUT2D eigenvalue weighted by molar-refractivity contribution is 6.39. The first-order valence-electron chi connectivity index (χ1n) is 11.3. The van der Waals surface area contributed by atoms with Gasteiger partial charge in [0.2, 0.25) is 0 Å². The van der Waals surface area contributed by atoms with Crippen LogP contribution in [-0.2, 0) is 9.59 Å². The molecule has 4 rings (SSSR count). The smallest absolute Gasteiger partial charge is 0.335 e. The Morgan fingerprint density at radius 2 is 1.73 bits per heavy atom. The van der Waals surface area contributed by atoms with Crippen LogP contribution in [0.25, 0.3) is 6.08 Å². The molecule has 0 aromatic heterocycles. The predicted octanol–water partition coefficient (Wildman–Crippen LogP) is 5.00. The number of rotatable bonds is 2. The summed E-state index contributed by atoms with van der Waals surface area (Å²) in [6, 6.07) is 8.91. The number of carbonyl (C=O) groups is 3. The van der Waals surface area contributed by atoms with E-state index in [4.69, 9.17) is 0 Å². The van der Waals surface area contributed by atoms with E-state index in [0.717, 1.165) is 33.6 Å². The molecule has 1 unspecified atom stereocenters. The zero-order chi connectivity index (χ0) is 24.2. The molecule has 0 spiro atoms. The number of amides is 4. The van der Waals surface area contributed by atoms with Crippen LogP contribution in [0.15, 0.2) is 35.9 Å². The van der Waals surface area contributed by atoms with E-state index in [1.165, 1.54) is 11.3 Å². The average molecular weight is 446 g/mol. The van der Waals surface area contributed by atoms with E-state index in [-0.39, 0.29) is 11.1 Å². The molecule has 4 amide bonds. The van der Waals surface area contributed by atoms with E-state index >= 15 is 0 Å². The van der Waals surface area contributed by atoms with Gasteiger partial charge in [-0.2, -0.15) is 0 Å². The zero-order valence-electron chi connectivity index (χ0n) is 20.4. The quantitative estimate of drug-likeness (QED) is 0.522. The van der Waals surface area contributed by atoms with Gasteiger partial charge in [0.25, 0.3) is 11.8 Å². The van der Waals surface area contributed by atoms with Crippen molar-refractivity contribution in [2.75, 3.05) is 16.8 Å². The molecule has 1 N–H and O–H groups in total. The summed E-state index contributed by atoms with van der Waals surface area (Å²) in [7, 11) is 2.11. The van der Waals surface area contributed by atoms with Crippen LogP contribution in [0.5, 0.6) is 0 Å². The highest BCUT2D eigenvalue weighted by Gasteiger charge is 2.38. The van der Waals surface area contributed by atoms with Crippen molar-refractivity contribution in [3.8, 4) is 0 Å². The van der Waals surface area contributed by atoms with Gasteiger partial charge < -0.3 is 4.90 Å². The van der Waals surface area contributed by atoms with Crippen LogP contribution in [0.2, 0.25) is 0 Å². The Hall–Kier alpha value is -3.41. The minimum Gasteiger partial charge on any atom is -0.369 e. The van der Waals surface area contributed by atoms with Gasteiger partial charge in [0.15, 0.2) is 0 Å². The van der Waals surface area contributed by atoms with Gasteiger partial charge in [-0.3, -0.25) is 14.9 Å². The van der Waals surface area contributed by atoms with Gasteiger partial charge in [-0.05, 0) is 99.0 Å². The van der Waals surface area contributed by atoms with Crippen molar-refractivity contribution < 1.29 is 14.4 Å². The molecule has 33 heavy (non-hydrogen) atoms. The largest absolute Gasteiger partial charge is 0.369 e. The number of nitrogens with one attached hydrogen (secondary N) is 1. The first-order valence-corrected chi connectivity index (χ1v) is 11.3. The van der Waals surface area contributed by atoms with Crippen molar-refractivity contribution in [1.29, 1.82) is 0 Å². The van der Waals surface area contributed by atoms with E-state index in [2.05, 4.69) is 50.2 Å². The van der Waals surface area contributed by atoms with Crippen molar-refractivity contribution >= 4 is 35.3 Å². The van der Waals surface area contributed by atoms with Gasteiger partial charge in [-0.15, -0.1) is 0 Å². The summed E-state index contributed by atoms with van der Waals surface area (Å²) in [6.07, 6.45) is 2.62. The molecule has 6 nitrogen and oxygen atoms in total. The second-order valence-electron chi connectivity index (χ2n) is 9.92. The van der Waals surface area contributed by atoms with Crippen molar-refractivity contribution in [2.45, 2.75) is 59.4 Å². The first kappa shape index (κ1) is 22.8. The number of anilines is 2. The molecule has 1 atom stereocenters. The molecule has 6 heteroatoms. The second-order valence-corrected chi connectivity index (χ2v) is 9.92. The molecule has 0 saturated carbocycles. The van der Waals surface area contributed by atoms with Gasteiger partial charge in [0, 0.05) is 18.3 Å². The van der Waals surface area contributed by atoms with Crippen LogP contribution < -0.4 is 15.1 Å². The summed E-state index contributed by atoms with van der Waals surface area (Å²) >= 11 is 0. The summed E-state index contributed by atoms with van der Waals surface area (Å²) < 4.78 is 0. The number of imide groups is 2. The number of carbonyl (C=O) groups excluding carboxylic acids is 3. The summed E-state index contributed by atoms with van der Waals surface area (Å²) in [5.41, 5.74) is 6.40. The zero-order valence-corrected chi connectivity index (χ0v) is 20.4. The Morgan fingerprint density at radius 1 is 1.03 bits per heavy atom. The molecule has 1 fully saturated rings. The fraction of sp³-hybridized carbons (Fsp3) is 0.370. The van der Waals surface area contributed by atoms with Crippen LogP contribution in [-0.4, -0.2) is 30.4 Å². The number of hydrogen-bond donors (Lipinski definition) is 1. The number of urea groups is 1. The Bertz CT molecular complexity index is 1230. The highest BCUT2D eigenvalue weighted by atomic mass is 16.2. The third kappa shape index (κ3) is 3.73. The Labute approximate surface area is 195 Å². The fourth-order valence-electron chi connectivity index (χ4n) is 4.90. The Balaban J connectivity index is 1.79. The lowest BCUT2D eigenvalue weighted by Gasteiger charge is -2.45. The summed E-state index contributed by atoms with van der Waals surface area (Å²) in [4.78, 5) is 42.0. The van der Waals surface area contributed by atoms with Gasteiger partial charge in [0.05, 0.1) is 5.69 Å². The molecule has 0 aliphatic carbocycles. The normalized spacial score (nSPS) is 21.4. The van der Waals surface area contributed by atoms with Crippen LogP contribution in [0.4, 0.5) is 16.2 Å². The third-order valence-electron chi connectivity index (χ3n) is 7.24. The number of aryl methyl sites for hydroxylation is 2. The molecule has 0 radical (unpaired) electrons. The number of benzene rings is 2. The maximum Gasteiger partial charge on any atom is 0.335 e. The number of barbiturate groups is 1. The third-order valence-corrected chi connectivity index (χ3v) is 7.24. The SMILES string of the molecule is Cc1cc2c(cc1/C=C1/C(=O)NC(=O)N(c3cccc(C)c3C)C1=O)C(C)CC(C)(C)N2C. The Kier molecular flexibility index (Phi) is 5.43. The highest BCUT2D eigenvalue weighted by Crippen LogP contribution is 2.43. The Morgan fingerprint density at radius 3 is 2.42 bits per heavy atom. The van der Waals surface area contributed by atoms with Crippen molar-refractivity contribution in [2.24, 2.45) is 0 Å². The van der Waals surface area contributed by atoms with Crippen LogP contribution in [0.1, 0.15) is 60.9 Å². The lowest BCUT2D eigenvalue weighted by molar-refractivity contribution is -0.122. The molecule has 2 heterocycles. The summed E-state index contributed by atoms with van der Waals surface area (Å²) in [5.74, 6) is -0.941. The minimum absolute atomic E-state index is 0.0456. The monoisotopic (exact) mass is 445 g/mol. The van der Waals surface area contributed by atoms with E-state index in [0.29, 0.717) is 11.6 Å². The molecule has 2 aliphatic heterocycles. The van der Waals surface area contributed by atoms with Gasteiger partial charge in [0.1, 0.15) is 5.57 Å². The molecule has 172 valence electrons. The minimum atomic E-state index is -0.726. The standard InChI is InChI=1S/C27H31N3O3/c1-15-9-8-10-22(18(15)4)30-25(32)21(24(31)28-26(30)33)13-19-12-20-17(3)14-27(5,6)29(7)23(20)11-16(19)2/h8-13,17H,14H2,1-7H3,(H,28,31,33)/b21-13-. The molecule has 2 aromatic rings. The van der Waals surface area contributed by atoms with Crippen molar-refractivity contribution in [3.05, 3.63) is 63.7 Å². The summed E-state index contributed by atoms with van der Waals surface area (Å²) in [5, 5.41) is 2.33. The first-order chi connectivity index (χ1) is 15.4. The van der Waals surface area contributed by atoms with E-state index < -0.39 is 17.8 Å². The lowest BCUT2D eigenvalue weighted by atomic mass is 9.79. The maximum atomic E-state index is 13.4. The maximum absolute atomic E-state index is 13.4. The van der Waals surface area contributed by atoms with Crippen LogP contribution in [0, 0.1) is 20.8 Å². The lowest BCUT2D eigenvalue weighted by Crippen LogP contribution is -2.54. The topological polar surface area (TPSA) is 69.7 Å². The molecule has 2 aromatic carbocycles. The average Bonchev–Trinajstić information content (AvgIpc) is 2.72. The van der Waals surface area contributed by atoms with Crippen LogP contribution in [0.3, 0.4) is 0 Å². The van der Waals surface area contributed by atoms with E-state index in [1.807, 2.05) is 26.8 Å².